The minimum absolute atomic E-state index is 0.163. The third kappa shape index (κ3) is 2.93. The molecule has 0 aliphatic rings. The number of hydrogen-bond acceptors (Lipinski definition) is 5. The topological polar surface area (TPSA) is 65.7 Å². The summed E-state index contributed by atoms with van der Waals surface area (Å²) in [4.78, 5) is 8.07. The van der Waals surface area contributed by atoms with E-state index in [0.29, 0.717) is 16.9 Å². The molecule has 0 aliphatic carbocycles. The molecule has 3 rings (SSSR count). The van der Waals surface area contributed by atoms with Crippen LogP contribution in [0.25, 0.3) is 5.69 Å². The molecule has 0 saturated carbocycles. The maximum Gasteiger partial charge on any atom is 0.316 e. The molecule has 6 nitrogen and oxygen atoms in total. The summed E-state index contributed by atoms with van der Waals surface area (Å²) in [6.07, 6.45) is 4.95. The van der Waals surface area contributed by atoms with Crippen LogP contribution in [0.15, 0.2) is 36.8 Å². The Morgan fingerprint density at radius 2 is 1.95 bits per heavy atom. The molecule has 0 fully saturated rings. The zero-order valence-electron chi connectivity index (χ0n) is 12.2. The van der Waals surface area contributed by atoms with E-state index in [0.717, 1.165) is 5.56 Å². The number of ether oxygens (including phenoxy) is 1. The average Bonchev–Trinajstić information content (AvgIpc) is 2.98. The number of nitrogens with zero attached hydrogens (tertiary/aromatic N) is 5. The van der Waals surface area contributed by atoms with Gasteiger partial charge < -0.3 is 4.74 Å². The lowest BCUT2D eigenvalue weighted by Crippen LogP contribution is -2.00. The van der Waals surface area contributed by atoms with Gasteiger partial charge in [0, 0.05) is 12.4 Å². The Labute approximate surface area is 126 Å². The molecule has 0 radical (unpaired) electrons. The van der Waals surface area contributed by atoms with Crippen LogP contribution in [0.1, 0.15) is 16.8 Å². The molecule has 0 spiro atoms. The first-order valence-electron chi connectivity index (χ1n) is 6.71. The van der Waals surface area contributed by atoms with E-state index in [-0.39, 0.29) is 18.4 Å². The Bertz CT molecular complexity index is 785. The number of rotatable bonds is 4. The quantitative estimate of drug-likeness (QED) is 0.740. The molecule has 0 N–H and O–H groups in total. The van der Waals surface area contributed by atoms with Crippen LogP contribution in [0.4, 0.5) is 4.39 Å². The average molecular weight is 299 g/mol. The number of aromatic nitrogens is 5. The highest BCUT2D eigenvalue weighted by Crippen LogP contribution is 2.16. The first kappa shape index (κ1) is 14.1. The van der Waals surface area contributed by atoms with Gasteiger partial charge in [-0.25, -0.2) is 19.0 Å². The fourth-order valence-electron chi connectivity index (χ4n) is 1.88. The van der Waals surface area contributed by atoms with Crippen molar-refractivity contribution in [2.75, 3.05) is 0 Å². The number of aryl methyl sites for hydroxylation is 2. The molecule has 7 heteroatoms. The monoisotopic (exact) mass is 299 g/mol. The number of hydrogen-bond donors (Lipinski definition) is 0. The SMILES string of the molecule is Cc1cnc(OCc2cn(-c3cccc(C)c3F)nn2)nc1. The Hall–Kier alpha value is -2.83. The van der Waals surface area contributed by atoms with Gasteiger partial charge in [0.2, 0.25) is 0 Å². The van der Waals surface area contributed by atoms with Gasteiger partial charge in [-0.2, -0.15) is 0 Å². The Kier molecular flexibility index (Phi) is 3.78. The standard InChI is InChI=1S/C15H14FN5O/c1-10-6-17-15(18-7-10)22-9-12-8-21(20-19-12)13-5-3-4-11(2)14(13)16/h3-8H,9H2,1-2H3. The highest BCUT2D eigenvalue weighted by molar-refractivity contribution is 5.36. The lowest BCUT2D eigenvalue weighted by atomic mass is 10.2. The van der Waals surface area contributed by atoms with Gasteiger partial charge in [-0.1, -0.05) is 17.3 Å². The molecular formula is C15H14FN5O. The maximum atomic E-state index is 14.0. The molecule has 0 unspecified atom stereocenters. The van der Waals surface area contributed by atoms with Gasteiger partial charge in [-0.05, 0) is 31.0 Å². The number of benzene rings is 1. The maximum absolute atomic E-state index is 14.0. The van der Waals surface area contributed by atoms with Crippen molar-refractivity contribution in [2.24, 2.45) is 0 Å². The predicted molar refractivity (Wildman–Crippen MR) is 77.2 cm³/mol. The molecule has 1 aromatic carbocycles. The van der Waals surface area contributed by atoms with Gasteiger partial charge in [0.1, 0.15) is 18.0 Å². The zero-order valence-corrected chi connectivity index (χ0v) is 12.2. The Morgan fingerprint density at radius 3 is 2.73 bits per heavy atom. The first-order valence-corrected chi connectivity index (χ1v) is 6.71. The summed E-state index contributed by atoms with van der Waals surface area (Å²) >= 11 is 0. The van der Waals surface area contributed by atoms with Crippen molar-refractivity contribution in [3.8, 4) is 11.7 Å². The van der Waals surface area contributed by atoms with Gasteiger partial charge in [0.15, 0.2) is 5.82 Å². The van der Waals surface area contributed by atoms with E-state index in [4.69, 9.17) is 4.74 Å². The van der Waals surface area contributed by atoms with Gasteiger partial charge in [0.25, 0.3) is 0 Å². The van der Waals surface area contributed by atoms with E-state index in [1.165, 1.54) is 4.68 Å². The van der Waals surface area contributed by atoms with Crippen molar-refractivity contribution in [3.05, 3.63) is 59.4 Å². The summed E-state index contributed by atoms with van der Waals surface area (Å²) in [7, 11) is 0. The fourth-order valence-corrected chi connectivity index (χ4v) is 1.88. The van der Waals surface area contributed by atoms with Crippen molar-refractivity contribution < 1.29 is 9.13 Å². The van der Waals surface area contributed by atoms with Gasteiger partial charge in [-0.3, -0.25) is 0 Å². The first-order chi connectivity index (χ1) is 10.6. The van der Waals surface area contributed by atoms with Gasteiger partial charge >= 0.3 is 6.01 Å². The van der Waals surface area contributed by atoms with E-state index in [1.807, 2.05) is 6.92 Å². The van der Waals surface area contributed by atoms with Crippen LogP contribution < -0.4 is 4.74 Å². The van der Waals surface area contributed by atoms with Crippen LogP contribution in [0.3, 0.4) is 0 Å². The second kappa shape index (κ2) is 5.88. The van der Waals surface area contributed by atoms with Crippen LogP contribution in [-0.2, 0) is 6.61 Å². The third-order valence-electron chi connectivity index (χ3n) is 3.07. The third-order valence-corrected chi connectivity index (χ3v) is 3.07. The zero-order chi connectivity index (χ0) is 15.5. The second-order valence-electron chi connectivity index (χ2n) is 4.89. The molecule has 0 atom stereocenters. The van der Waals surface area contributed by atoms with E-state index < -0.39 is 0 Å². The molecule has 0 saturated heterocycles. The summed E-state index contributed by atoms with van der Waals surface area (Å²) in [5.74, 6) is -0.318. The van der Waals surface area contributed by atoms with Crippen LogP contribution >= 0.6 is 0 Å². The van der Waals surface area contributed by atoms with Crippen LogP contribution in [0, 0.1) is 19.7 Å². The highest BCUT2D eigenvalue weighted by Gasteiger charge is 2.10. The van der Waals surface area contributed by atoms with Gasteiger partial charge in [0.05, 0.1) is 6.20 Å². The summed E-state index contributed by atoms with van der Waals surface area (Å²) in [5.41, 5.74) is 2.42. The van der Waals surface area contributed by atoms with Crippen LogP contribution in [-0.4, -0.2) is 25.0 Å². The normalized spacial score (nSPS) is 10.7. The van der Waals surface area contributed by atoms with Crippen LogP contribution in [0.5, 0.6) is 6.01 Å². The molecule has 0 amide bonds. The second-order valence-corrected chi connectivity index (χ2v) is 4.89. The molecule has 3 aromatic rings. The lowest BCUT2D eigenvalue weighted by Gasteiger charge is -2.04. The highest BCUT2D eigenvalue weighted by atomic mass is 19.1. The molecule has 22 heavy (non-hydrogen) atoms. The minimum Gasteiger partial charge on any atom is -0.457 e. The molecule has 112 valence electrons. The van der Waals surface area contributed by atoms with Crippen molar-refractivity contribution >= 4 is 0 Å². The Morgan fingerprint density at radius 1 is 1.18 bits per heavy atom. The van der Waals surface area contributed by atoms with Crippen molar-refractivity contribution in [1.29, 1.82) is 0 Å². The molecule has 0 aliphatic heterocycles. The molecule has 0 bridgehead atoms. The summed E-state index contributed by atoms with van der Waals surface area (Å²) in [5, 5.41) is 7.88. The smallest absolute Gasteiger partial charge is 0.316 e. The molecule has 2 heterocycles. The van der Waals surface area contributed by atoms with E-state index >= 15 is 0 Å². The number of halogens is 1. The largest absolute Gasteiger partial charge is 0.457 e. The van der Waals surface area contributed by atoms with Crippen LogP contribution in [0.2, 0.25) is 0 Å². The summed E-state index contributed by atoms with van der Waals surface area (Å²) in [6, 6.07) is 5.38. The summed E-state index contributed by atoms with van der Waals surface area (Å²) in [6.45, 7) is 3.76. The predicted octanol–water partition coefficient (Wildman–Crippen LogP) is 2.39. The lowest BCUT2D eigenvalue weighted by molar-refractivity contribution is 0.276. The minimum atomic E-state index is -0.318. The summed E-state index contributed by atoms with van der Waals surface area (Å²) < 4.78 is 20.8. The van der Waals surface area contributed by atoms with E-state index in [9.17, 15) is 4.39 Å². The van der Waals surface area contributed by atoms with Crippen molar-refractivity contribution in [1.82, 2.24) is 25.0 Å². The molecule has 2 aromatic heterocycles. The van der Waals surface area contributed by atoms with E-state index in [1.54, 1.807) is 43.7 Å². The van der Waals surface area contributed by atoms with Crippen molar-refractivity contribution in [2.45, 2.75) is 20.5 Å². The van der Waals surface area contributed by atoms with Gasteiger partial charge in [-0.15, -0.1) is 5.10 Å². The molecular weight excluding hydrogens is 285 g/mol. The van der Waals surface area contributed by atoms with E-state index in [2.05, 4.69) is 20.3 Å². The fraction of sp³-hybridized carbons (Fsp3) is 0.200. The Balaban J connectivity index is 1.74. The van der Waals surface area contributed by atoms with Crippen molar-refractivity contribution in [3.63, 3.8) is 0 Å².